The molecule has 18 heavy (non-hydrogen) atoms. The Hall–Kier alpha value is -0.930. The van der Waals surface area contributed by atoms with Crippen molar-refractivity contribution in [1.82, 2.24) is 5.39 Å². The first-order valence-electron chi connectivity index (χ1n) is 5.74. The van der Waals surface area contributed by atoms with E-state index in [4.69, 9.17) is 19.9 Å². The molecule has 0 amide bonds. The minimum atomic E-state index is -0.811. The van der Waals surface area contributed by atoms with Crippen molar-refractivity contribution in [2.24, 2.45) is 0 Å². The lowest BCUT2D eigenvalue weighted by molar-refractivity contribution is -0.495. The second-order valence-corrected chi connectivity index (χ2v) is 3.96. The van der Waals surface area contributed by atoms with E-state index in [1.54, 1.807) is 13.8 Å². The van der Waals surface area contributed by atoms with Crippen molar-refractivity contribution in [2.45, 2.75) is 45.3 Å². The fraction of sp³-hybridized carbons (Fsp3) is 0.900. The SMILES string of the molecule is CC(C)OC(=O)OCCCC[C@@H](O)CON(O)O. The molecule has 0 fully saturated rings. The number of aliphatic hydroxyl groups excluding tert-OH is 1. The van der Waals surface area contributed by atoms with Gasteiger partial charge in [0.2, 0.25) is 0 Å². The fourth-order valence-corrected chi connectivity index (χ4v) is 1.10. The Morgan fingerprint density at radius 2 is 1.94 bits per heavy atom. The minimum absolute atomic E-state index is 0.212. The van der Waals surface area contributed by atoms with Crippen LogP contribution in [0.3, 0.4) is 0 Å². The summed E-state index contributed by atoms with van der Waals surface area (Å²) in [6, 6.07) is 0. The highest BCUT2D eigenvalue weighted by Crippen LogP contribution is 2.03. The van der Waals surface area contributed by atoms with Gasteiger partial charge in [-0.15, -0.1) is 0 Å². The zero-order valence-electron chi connectivity index (χ0n) is 10.6. The van der Waals surface area contributed by atoms with Gasteiger partial charge in [0, 0.05) is 0 Å². The maximum Gasteiger partial charge on any atom is 0.508 e. The molecule has 8 nitrogen and oxygen atoms in total. The highest BCUT2D eigenvalue weighted by atomic mass is 17.1. The van der Waals surface area contributed by atoms with Crippen LogP contribution in [0.25, 0.3) is 0 Å². The summed E-state index contributed by atoms with van der Waals surface area (Å²) >= 11 is 0. The average molecular weight is 267 g/mol. The van der Waals surface area contributed by atoms with Gasteiger partial charge in [-0.05, 0) is 33.1 Å². The van der Waals surface area contributed by atoms with E-state index in [2.05, 4.69) is 4.84 Å². The second-order valence-electron chi connectivity index (χ2n) is 3.96. The maximum absolute atomic E-state index is 11.0. The second kappa shape index (κ2) is 10.0. The summed E-state index contributed by atoms with van der Waals surface area (Å²) in [7, 11) is 0. The highest BCUT2D eigenvalue weighted by Gasteiger charge is 2.08. The summed E-state index contributed by atoms with van der Waals surface area (Å²) < 4.78 is 9.52. The summed E-state index contributed by atoms with van der Waals surface area (Å²) in [5, 5.41) is 25.3. The molecule has 8 heteroatoms. The van der Waals surface area contributed by atoms with Crippen molar-refractivity contribution in [3.05, 3.63) is 0 Å². The molecule has 0 saturated carbocycles. The van der Waals surface area contributed by atoms with Gasteiger partial charge in [0.15, 0.2) is 0 Å². The number of rotatable bonds is 9. The van der Waals surface area contributed by atoms with Crippen LogP contribution >= 0.6 is 0 Å². The molecular weight excluding hydrogens is 246 g/mol. The van der Waals surface area contributed by atoms with Crippen LogP contribution in [0.5, 0.6) is 0 Å². The molecule has 0 aromatic heterocycles. The van der Waals surface area contributed by atoms with Crippen LogP contribution in [0, 0.1) is 0 Å². The summed E-state index contributed by atoms with van der Waals surface area (Å²) in [4.78, 5) is 15.2. The van der Waals surface area contributed by atoms with Crippen molar-refractivity contribution in [2.75, 3.05) is 13.2 Å². The summed E-state index contributed by atoms with van der Waals surface area (Å²) in [5.41, 5.74) is 0. The number of ether oxygens (including phenoxy) is 2. The normalized spacial score (nSPS) is 12.8. The predicted octanol–water partition coefficient (Wildman–Crippen LogP) is 1.09. The van der Waals surface area contributed by atoms with Crippen LogP contribution in [0.4, 0.5) is 4.79 Å². The Morgan fingerprint density at radius 3 is 2.50 bits per heavy atom. The molecule has 0 rings (SSSR count). The van der Waals surface area contributed by atoms with Crippen LogP contribution in [0.2, 0.25) is 0 Å². The number of carbonyl (C=O) groups is 1. The predicted molar refractivity (Wildman–Crippen MR) is 58.8 cm³/mol. The Kier molecular flexibility index (Phi) is 9.52. The van der Waals surface area contributed by atoms with Gasteiger partial charge < -0.3 is 14.6 Å². The van der Waals surface area contributed by atoms with E-state index < -0.39 is 17.6 Å². The summed E-state index contributed by atoms with van der Waals surface area (Å²) in [5.74, 6) is 0. The van der Waals surface area contributed by atoms with E-state index in [9.17, 15) is 9.90 Å². The zero-order chi connectivity index (χ0) is 14.0. The molecule has 0 spiro atoms. The maximum atomic E-state index is 11.0. The molecule has 3 N–H and O–H groups in total. The van der Waals surface area contributed by atoms with Crippen LogP contribution < -0.4 is 0 Å². The first kappa shape index (κ1) is 17.1. The first-order chi connectivity index (χ1) is 8.41. The molecule has 0 aliphatic heterocycles. The zero-order valence-corrected chi connectivity index (χ0v) is 10.6. The lowest BCUT2D eigenvalue weighted by Crippen LogP contribution is -2.23. The van der Waals surface area contributed by atoms with Gasteiger partial charge in [0.05, 0.1) is 30.8 Å². The van der Waals surface area contributed by atoms with E-state index in [0.29, 0.717) is 19.3 Å². The van der Waals surface area contributed by atoms with Gasteiger partial charge in [-0.2, -0.15) is 0 Å². The molecule has 0 aliphatic carbocycles. The smallest absolute Gasteiger partial charge is 0.434 e. The highest BCUT2D eigenvalue weighted by molar-refractivity contribution is 5.59. The van der Waals surface area contributed by atoms with E-state index in [0.717, 1.165) is 0 Å². The third-order valence-electron chi connectivity index (χ3n) is 1.87. The number of aliphatic hydroxyl groups is 1. The topological polar surface area (TPSA) is 109 Å². The molecule has 1 atom stereocenters. The van der Waals surface area contributed by atoms with E-state index >= 15 is 0 Å². The third kappa shape index (κ3) is 11.6. The van der Waals surface area contributed by atoms with E-state index in [1.807, 2.05) is 0 Å². The van der Waals surface area contributed by atoms with Gasteiger partial charge in [0.25, 0.3) is 0 Å². The molecule has 0 bridgehead atoms. The third-order valence-corrected chi connectivity index (χ3v) is 1.87. The van der Waals surface area contributed by atoms with Crippen LogP contribution in [0.1, 0.15) is 33.1 Å². The monoisotopic (exact) mass is 267 g/mol. The van der Waals surface area contributed by atoms with Crippen molar-refractivity contribution >= 4 is 6.16 Å². The quantitative estimate of drug-likeness (QED) is 0.323. The molecule has 0 aromatic rings. The summed E-state index contributed by atoms with van der Waals surface area (Å²) in [6.45, 7) is 3.45. The fourth-order valence-electron chi connectivity index (χ4n) is 1.10. The molecule has 0 saturated heterocycles. The Balaban J connectivity index is 3.37. The molecule has 0 aromatic carbocycles. The lowest BCUT2D eigenvalue weighted by Gasteiger charge is -2.12. The molecule has 0 unspecified atom stereocenters. The summed E-state index contributed by atoms with van der Waals surface area (Å²) in [6.07, 6.45) is -0.144. The number of hydrogen-bond acceptors (Lipinski definition) is 8. The first-order valence-corrected chi connectivity index (χ1v) is 5.74. The van der Waals surface area contributed by atoms with E-state index in [-0.39, 0.29) is 19.3 Å². The van der Waals surface area contributed by atoms with Gasteiger partial charge in [-0.1, -0.05) is 0 Å². The van der Waals surface area contributed by atoms with Crippen LogP contribution in [-0.2, 0) is 14.3 Å². The van der Waals surface area contributed by atoms with Crippen LogP contribution in [-0.4, -0.2) is 52.5 Å². The Bertz CT molecular complexity index is 222. The number of hydrogen-bond donors (Lipinski definition) is 3. The van der Waals surface area contributed by atoms with Crippen LogP contribution in [0.15, 0.2) is 0 Å². The van der Waals surface area contributed by atoms with Crippen molar-refractivity contribution < 1.29 is 34.6 Å². The molecular formula is C10H21NO7. The average Bonchev–Trinajstić information content (AvgIpc) is 2.24. The van der Waals surface area contributed by atoms with Gasteiger partial charge in [0.1, 0.15) is 0 Å². The Morgan fingerprint density at radius 1 is 1.28 bits per heavy atom. The van der Waals surface area contributed by atoms with Gasteiger partial charge in [-0.3, -0.25) is 10.4 Å². The number of nitrogens with zero attached hydrogens (tertiary/aromatic N) is 1. The number of carbonyl (C=O) groups excluding carboxylic acids is 1. The molecule has 0 heterocycles. The van der Waals surface area contributed by atoms with Crippen molar-refractivity contribution in [3.8, 4) is 0 Å². The van der Waals surface area contributed by atoms with Gasteiger partial charge >= 0.3 is 6.16 Å². The van der Waals surface area contributed by atoms with E-state index in [1.165, 1.54) is 0 Å². The molecule has 0 aliphatic rings. The number of unbranched alkanes of at least 4 members (excludes halogenated alkanes) is 1. The minimum Gasteiger partial charge on any atom is -0.434 e. The molecule has 108 valence electrons. The van der Waals surface area contributed by atoms with Gasteiger partial charge in [-0.25, -0.2) is 9.63 Å². The van der Waals surface area contributed by atoms with Crippen molar-refractivity contribution in [1.29, 1.82) is 0 Å². The Labute approximate surface area is 106 Å². The lowest BCUT2D eigenvalue weighted by atomic mass is 10.2. The standard InChI is InChI=1S/C10H21NO7/c1-8(2)18-10(13)16-6-4-3-5-9(12)7-17-11(14)15/h8-9,12,14-15H,3-7H2,1-2H3/t9-/m1/s1. The van der Waals surface area contributed by atoms with Crippen molar-refractivity contribution in [3.63, 3.8) is 0 Å². The molecule has 0 radical (unpaired) electrons. The largest absolute Gasteiger partial charge is 0.508 e.